The van der Waals surface area contributed by atoms with Gasteiger partial charge in [0.1, 0.15) is 6.04 Å². The highest BCUT2D eigenvalue weighted by atomic mass is 19.4. The molecule has 4 unspecified atom stereocenters. The Morgan fingerprint density at radius 3 is 2.60 bits per heavy atom. The molecule has 7 heteroatoms. The molecule has 20 heavy (non-hydrogen) atoms. The number of rotatable bonds is 3. The van der Waals surface area contributed by atoms with Gasteiger partial charge < -0.3 is 5.11 Å². The number of aliphatic carboxylic acids is 1. The van der Waals surface area contributed by atoms with Crippen molar-refractivity contribution in [2.24, 2.45) is 11.8 Å². The van der Waals surface area contributed by atoms with E-state index in [1.54, 1.807) is 0 Å². The van der Waals surface area contributed by atoms with Crippen LogP contribution in [-0.2, 0) is 4.79 Å². The minimum absolute atomic E-state index is 0.122. The Hall–Kier alpha value is -1.29. The predicted octanol–water partition coefficient (Wildman–Crippen LogP) is 2.41. The fourth-order valence-electron chi connectivity index (χ4n) is 3.49. The van der Waals surface area contributed by atoms with E-state index < -0.39 is 30.7 Å². The normalized spacial score (nSPS) is 32.4. The van der Waals surface area contributed by atoms with Crippen LogP contribution in [0, 0.1) is 23.2 Å². The zero-order valence-electron chi connectivity index (χ0n) is 10.9. The van der Waals surface area contributed by atoms with Crippen LogP contribution >= 0.6 is 0 Å². The summed E-state index contributed by atoms with van der Waals surface area (Å²) in [7, 11) is 0. The van der Waals surface area contributed by atoms with Crippen molar-refractivity contribution >= 4 is 5.97 Å². The Balaban J connectivity index is 2.17. The third-order valence-corrected chi connectivity index (χ3v) is 4.45. The maximum atomic E-state index is 12.7. The van der Waals surface area contributed by atoms with Crippen LogP contribution in [0.2, 0.25) is 0 Å². The molecule has 0 aromatic carbocycles. The van der Waals surface area contributed by atoms with Crippen LogP contribution in [0.4, 0.5) is 13.2 Å². The van der Waals surface area contributed by atoms with Crippen molar-refractivity contribution < 1.29 is 23.1 Å². The molecule has 2 aliphatic rings. The first-order valence-corrected chi connectivity index (χ1v) is 6.79. The molecule has 4 atom stereocenters. The fraction of sp³-hybridized carbons (Fsp3) is 0.846. The molecule has 1 N–H and O–H groups in total. The summed E-state index contributed by atoms with van der Waals surface area (Å²) >= 11 is 0. The monoisotopic (exact) mass is 290 g/mol. The summed E-state index contributed by atoms with van der Waals surface area (Å²) in [5, 5.41) is 17.9. The van der Waals surface area contributed by atoms with Gasteiger partial charge in [0, 0.05) is 12.6 Å². The number of likely N-dealkylation sites (tertiary alicyclic amines) is 1. The third-order valence-electron chi connectivity index (χ3n) is 4.45. The van der Waals surface area contributed by atoms with Crippen molar-refractivity contribution in [3.63, 3.8) is 0 Å². The zero-order chi connectivity index (χ0) is 14.9. The van der Waals surface area contributed by atoms with Gasteiger partial charge in [-0.2, -0.15) is 18.4 Å². The molecule has 4 nitrogen and oxygen atoms in total. The standard InChI is InChI=1S/C13H17F3N2O2/c14-13(15,16)9(6-17)7-18-10-4-2-1-3-8(10)5-11(18)12(19)20/h8-11H,1-5,7H2,(H,19,20). The molecule has 1 aliphatic heterocycles. The van der Waals surface area contributed by atoms with Gasteiger partial charge in [0.2, 0.25) is 0 Å². The Kier molecular flexibility index (Phi) is 4.23. The number of nitrogens with zero attached hydrogens (tertiary/aromatic N) is 2. The second-order valence-electron chi connectivity index (χ2n) is 5.62. The van der Waals surface area contributed by atoms with Crippen molar-refractivity contribution in [2.45, 2.75) is 50.4 Å². The maximum absolute atomic E-state index is 12.7. The van der Waals surface area contributed by atoms with E-state index in [0.717, 1.165) is 25.7 Å². The summed E-state index contributed by atoms with van der Waals surface area (Å²) in [4.78, 5) is 12.7. The number of alkyl halides is 3. The highest BCUT2D eigenvalue weighted by Gasteiger charge is 2.49. The van der Waals surface area contributed by atoms with Gasteiger partial charge in [0.05, 0.1) is 6.07 Å². The Labute approximate surface area is 115 Å². The van der Waals surface area contributed by atoms with Crippen LogP contribution < -0.4 is 0 Å². The molecule has 1 saturated carbocycles. The lowest BCUT2D eigenvalue weighted by Gasteiger charge is -2.34. The number of carbonyl (C=O) groups is 1. The van der Waals surface area contributed by atoms with Gasteiger partial charge in [0.15, 0.2) is 5.92 Å². The van der Waals surface area contributed by atoms with Gasteiger partial charge in [-0.05, 0) is 25.2 Å². The number of hydrogen-bond acceptors (Lipinski definition) is 3. The highest BCUT2D eigenvalue weighted by molar-refractivity contribution is 5.74. The minimum Gasteiger partial charge on any atom is -0.480 e. The van der Waals surface area contributed by atoms with E-state index in [0.29, 0.717) is 6.42 Å². The SMILES string of the molecule is N#CC(CN1C(C(=O)O)CC2CCCCC21)C(F)(F)F. The summed E-state index contributed by atoms with van der Waals surface area (Å²) in [5.74, 6) is -3.05. The quantitative estimate of drug-likeness (QED) is 0.867. The number of fused-ring (bicyclic) bond motifs is 1. The van der Waals surface area contributed by atoms with Gasteiger partial charge in [0.25, 0.3) is 0 Å². The molecule has 0 spiro atoms. The predicted molar refractivity (Wildman–Crippen MR) is 63.7 cm³/mol. The number of carboxylic acids is 1. The van der Waals surface area contributed by atoms with Crippen LogP contribution in [0.1, 0.15) is 32.1 Å². The van der Waals surface area contributed by atoms with Crippen molar-refractivity contribution in [1.82, 2.24) is 4.90 Å². The van der Waals surface area contributed by atoms with E-state index in [9.17, 15) is 23.1 Å². The third kappa shape index (κ3) is 2.90. The van der Waals surface area contributed by atoms with E-state index in [1.807, 2.05) is 0 Å². The average molecular weight is 290 g/mol. The number of carboxylic acid groups (broad SMARTS) is 1. The lowest BCUT2D eigenvalue weighted by atomic mass is 9.84. The van der Waals surface area contributed by atoms with Crippen molar-refractivity contribution in [2.75, 3.05) is 6.54 Å². The lowest BCUT2D eigenvalue weighted by molar-refractivity contribution is -0.168. The van der Waals surface area contributed by atoms with E-state index >= 15 is 0 Å². The van der Waals surface area contributed by atoms with Gasteiger partial charge in [-0.25, -0.2) is 0 Å². The van der Waals surface area contributed by atoms with Gasteiger partial charge >= 0.3 is 12.1 Å². The second kappa shape index (κ2) is 5.60. The van der Waals surface area contributed by atoms with Gasteiger partial charge in [-0.1, -0.05) is 12.8 Å². The van der Waals surface area contributed by atoms with Crippen LogP contribution in [-0.4, -0.2) is 40.8 Å². The van der Waals surface area contributed by atoms with Crippen molar-refractivity contribution in [3.05, 3.63) is 0 Å². The summed E-state index contributed by atoms with van der Waals surface area (Å²) in [6.07, 6.45) is -0.700. The Bertz CT molecular complexity index is 419. The summed E-state index contributed by atoms with van der Waals surface area (Å²) in [5.41, 5.74) is 0. The number of halogens is 3. The van der Waals surface area contributed by atoms with E-state index in [4.69, 9.17) is 5.26 Å². The molecule has 1 heterocycles. The molecule has 0 aromatic heterocycles. The molecular formula is C13H17F3N2O2. The van der Waals surface area contributed by atoms with Gasteiger partial charge in [-0.3, -0.25) is 9.69 Å². The lowest BCUT2D eigenvalue weighted by Crippen LogP contribution is -2.47. The molecule has 0 aromatic rings. The van der Waals surface area contributed by atoms with E-state index in [1.165, 1.54) is 11.0 Å². The molecule has 112 valence electrons. The van der Waals surface area contributed by atoms with Gasteiger partial charge in [-0.15, -0.1) is 0 Å². The molecule has 0 radical (unpaired) electrons. The van der Waals surface area contributed by atoms with Crippen LogP contribution in [0.3, 0.4) is 0 Å². The molecule has 0 bridgehead atoms. The van der Waals surface area contributed by atoms with Crippen molar-refractivity contribution in [3.8, 4) is 6.07 Å². The first kappa shape index (κ1) is 15.1. The molecule has 2 fully saturated rings. The molecule has 1 saturated heterocycles. The number of hydrogen-bond donors (Lipinski definition) is 1. The fourth-order valence-corrected chi connectivity index (χ4v) is 3.49. The van der Waals surface area contributed by atoms with E-state index in [2.05, 4.69) is 0 Å². The molecule has 0 amide bonds. The topological polar surface area (TPSA) is 64.3 Å². The highest BCUT2D eigenvalue weighted by Crippen LogP contribution is 2.41. The van der Waals surface area contributed by atoms with E-state index in [-0.39, 0.29) is 12.0 Å². The summed E-state index contributed by atoms with van der Waals surface area (Å²) in [6, 6.07) is 0.254. The van der Waals surface area contributed by atoms with Crippen LogP contribution in [0.15, 0.2) is 0 Å². The maximum Gasteiger partial charge on any atom is 0.405 e. The summed E-state index contributed by atoms with van der Waals surface area (Å²) < 4.78 is 38.2. The zero-order valence-corrected chi connectivity index (χ0v) is 10.9. The average Bonchev–Trinajstić information content (AvgIpc) is 2.73. The summed E-state index contributed by atoms with van der Waals surface area (Å²) in [6.45, 7) is -0.530. The first-order valence-electron chi connectivity index (χ1n) is 6.79. The largest absolute Gasteiger partial charge is 0.480 e. The van der Waals surface area contributed by atoms with Crippen molar-refractivity contribution in [1.29, 1.82) is 5.26 Å². The Morgan fingerprint density at radius 1 is 1.40 bits per heavy atom. The number of nitriles is 1. The van der Waals surface area contributed by atoms with Crippen LogP contribution in [0.25, 0.3) is 0 Å². The second-order valence-corrected chi connectivity index (χ2v) is 5.62. The molecular weight excluding hydrogens is 273 g/mol. The molecule has 2 rings (SSSR count). The first-order chi connectivity index (χ1) is 9.34. The van der Waals surface area contributed by atoms with Crippen LogP contribution in [0.5, 0.6) is 0 Å². The smallest absolute Gasteiger partial charge is 0.405 e. The minimum atomic E-state index is -4.61. The Morgan fingerprint density at radius 2 is 2.05 bits per heavy atom. The molecule has 1 aliphatic carbocycles.